The second-order valence-corrected chi connectivity index (χ2v) is 6.71. The predicted octanol–water partition coefficient (Wildman–Crippen LogP) is 2.62. The van der Waals surface area contributed by atoms with Crippen LogP contribution in [0.3, 0.4) is 0 Å². The molecule has 124 valence electrons. The zero-order valence-electron chi connectivity index (χ0n) is 13.0. The molecule has 2 atom stereocenters. The SMILES string of the molecule is CCCCC1OCC(COc2nc(SC(=O)N(C)C)ns2)O1. The van der Waals surface area contributed by atoms with E-state index in [0.29, 0.717) is 23.6 Å². The zero-order valence-corrected chi connectivity index (χ0v) is 14.6. The smallest absolute Gasteiger partial charge is 0.294 e. The molecule has 0 aliphatic carbocycles. The third-order valence-corrected chi connectivity index (χ3v) is 4.58. The van der Waals surface area contributed by atoms with E-state index in [1.54, 1.807) is 14.1 Å². The summed E-state index contributed by atoms with van der Waals surface area (Å²) in [5.74, 6) is 0. The molecule has 2 rings (SSSR count). The van der Waals surface area contributed by atoms with Crippen molar-refractivity contribution in [1.82, 2.24) is 14.3 Å². The van der Waals surface area contributed by atoms with Crippen LogP contribution in [0.1, 0.15) is 26.2 Å². The molecule has 2 heterocycles. The quantitative estimate of drug-likeness (QED) is 0.702. The highest BCUT2D eigenvalue weighted by Gasteiger charge is 2.26. The molecule has 1 saturated heterocycles. The summed E-state index contributed by atoms with van der Waals surface area (Å²) >= 11 is 2.11. The number of hydrogen-bond donors (Lipinski definition) is 0. The summed E-state index contributed by atoms with van der Waals surface area (Å²) in [7, 11) is 3.37. The van der Waals surface area contributed by atoms with Gasteiger partial charge in [0.15, 0.2) is 6.29 Å². The number of thioether (sulfide) groups is 1. The number of nitrogens with zero attached hydrogens (tertiary/aromatic N) is 3. The van der Waals surface area contributed by atoms with Gasteiger partial charge >= 0.3 is 0 Å². The van der Waals surface area contributed by atoms with E-state index < -0.39 is 0 Å². The van der Waals surface area contributed by atoms with Crippen molar-refractivity contribution in [2.45, 2.75) is 43.7 Å². The van der Waals surface area contributed by atoms with E-state index in [0.717, 1.165) is 42.6 Å². The maximum Gasteiger partial charge on any atom is 0.294 e. The Hall–Kier alpha value is -0.900. The lowest BCUT2D eigenvalue weighted by atomic mass is 10.2. The van der Waals surface area contributed by atoms with Crippen LogP contribution in [-0.4, -0.2) is 59.2 Å². The van der Waals surface area contributed by atoms with Crippen LogP contribution < -0.4 is 4.74 Å². The van der Waals surface area contributed by atoms with Crippen molar-refractivity contribution in [1.29, 1.82) is 0 Å². The molecule has 1 aromatic heterocycles. The van der Waals surface area contributed by atoms with Crippen LogP contribution in [0.5, 0.6) is 5.19 Å². The second-order valence-electron chi connectivity index (χ2n) is 5.08. The largest absolute Gasteiger partial charge is 0.466 e. The fourth-order valence-electron chi connectivity index (χ4n) is 1.75. The molecular weight excluding hydrogens is 326 g/mol. The van der Waals surface area contributed by atoms with Gasteiger partial charge in [0.1, 0.15) is 12.7 Å². The molecular formula is C13H21N3O4S2. The summed E-state index contributed by atoms with van der Waals surface area (Å²) in [5, 5.41) is 0.730. The number of ether oxygens (including phenoxy) is 3. The van der Waals surface area contributed by atoms with Crippen molar-refractivity contribution in [2.75, 3.05) is 27.3 Å². The number of carbonyl (C=O) groups excluding carboxylic acids is 1. The third kappa shape index (κ3) is 5.38. The van der Waals surface area contributed by atoms with Crippen molar-refractivity contribution in [3.05, 3.63) is 0 Å². The molecule has 1 aromatic rings. The summed E-state index contributed by atoms with van der Waals surface area (Å²) in [6.07, 6.45) is 2.94. The van der Waals surface area contributed by atoms with Crippen LogP contribution in [-0.2, 0) is 9.47 Å². The van der Waals surface area contributed by atoms with Gasteiger partial charge in [0, 0.05) is 37.4 Å². The highest BCUT2D eigenvalue weighted by Crippen LogP contribution is 2.24. The van der Waals surface area contributed by atoms with Crippen molar-refractivity contribution in [2.24, 2.45) is 0 Å². The Morgan fingerprint density at radius 3 is 3.09 bits per heavy atom. The topological polar surface area (TPSA) is 73.8 Å². The Kier molecular flexibility index (Phi) is 6.87. The summed E-state index contributed by atoms with van der Waals surface area (Å²) in [6.45, 7) is 3.05. The van der Waals surface area contributed by atoms with Crippen LogP contribution >= 0.6 is 23.3 Å². The van der Waals surface area contributed by atoms with E-state index in [1.165, 1.54) is 4.90 Å². The van der Waals surface area contributed by atoms with Crippen molar-refractivity contribution >= 4 is 28.5 Å². The number of unbranched alkanes of at least 4 members (excludes halogenated alkanes) is 1. The Morgan fingerprint density at radius 2 is 2.36 bits per heavy atom. The van der Waals surface area contributed by atoms with Crippen LogP contribution in [0.2, 0.25) is 0 Å². The molecule has 22 heavy (non-hydrogen) atoms. The number of carbonyl (C=O) groups is 1. The minimum absolute atomic E-state index is 0.0785. The molecule has 1 aliphatic heterocycles. The predicted molar refractivity (Wildman–Crippen MR) is 84.5 cm³/mol. The van der Waals surface area contributed by atoms with Gasteiger partial charge < -0.3 is 19.1 Å². The lowest BCUT2D eigenvalue weighted by molar-refractivity contribution is -0.0684. The normalized spacial score (nSPS) is 21.0. The molecule has 1 aliphatic rings. The molecule has 0 N–H and O–H groups in total. The van der Waals surface area contributed by atoms with E-state index in [9.17, 15) is 4.79 Å². The van der Waals surface area contributed by atoms with Crippen LogP contribution in [0.4, 0.5) is 4.79 Å². The van der Waals surface area contributed by atoms with Gasteiger partial charge in [-0.1, -0.05) is 13.3 Å². The lowest BCUT2D eigenvalue weighted by Crippen LogP contribution is -2.21. The standard InChI is InChI=1S/C13H21N3O4S2/c1-4-5-6-10-18-7-9(20-10)8-19-12-14-11(15-22-12)21-13(17)16(2)3/h9-10H,4-8H2,1-3H3. The first-order chi connectivity index (χ1) is 10.6. The van der Waals surface area contributed by atoms with Gasteiger partial charge in [0.2, 0.25) is 5.16 Å². The first kappa shape index (κ1) is 17.5. The minimum Gasteiger partial charge on any atom is -0.466 e. The van der Waals surface area contributed by atoms with Gasteiger partial charge in [-0.05, 0) is 12.8 Å². The average molecular weight is 347 g/mol. The van der Waals surface area contributed by atoms with Gasteiger partial charge in [-0.2, -0.15) is 9.36 Å². The highest BCUT2D eigenvalue weighted by molar-refractivity contribution is 8.13. The minimum atomic E-state index is -0.119. The molecule has 0 aromatic carbocycles. The fraction of sp³-hybridized carbons (Fsp3) is 0.769. The Labute approximate surface area is 138 Å². The maximum absolute atomic E-state index is 11.5. The van der Waals surface area contributed by atoms with E-state index in [4.69, 9.17) is 14.2 Å². The second kappa shape index (κ2) is 8.66. The number of amides is 1. The first-order valence-electron chi connectivity index (χ1n) is 7.21. The monoisotopic (exact) mass is 347 g/mol. The van der Waals surface area contributed by atoms with E-state index in [2.05, 4.69) is 16.3 Å². The summed E-state index contributed by atoms with van der Waals surface area (Å²) in [6, 6.07) is 0. The molecule has 1 amide bonds. The molecule has 1 fully saturated rings. The van der Waals surface area contributed by atoms with Crippen molar-refractivity contribution in [3.8, 4) is 5.19 Å². The van der Waals surface area contributed by atoms with Gasteiger partial charge in [-0.3, -0.25) is 4.79 Å². The van der Waals surface area contributed by atoms with Crippen molar-refractivity contribution < 1.29 is 19.0 Å². The van der Waals surface area contributed by atoms with Crippen LogP contribution in [0, 0.1) is 0 Å². The number of rotatable bonds is 7. The molecule has 0 spiro atoms. The molecule has 9 heteroatoms. The van der Waals surface area contributed by atoms with Crippen LogP contribution in [0.15, 0.2) is 5.16 Å². The molecule has 0 saturated carbocycles. The van der Waals surface area contributed by atoms with E-state index in [-0.39, 0.29) is 17.6 Å². The van der Waals surface area contributed by atoms with E-state index >= 15 is 0 Å². The fourth-order valence-corrected chi connectivity index (χ4v) is 2.98. The summed E-state index contributed by atoms with van der Waals surface area (Å²) in [5.41, 5.74) is 0. The molecule has 0 bridgehead atoms. The lowest BCUT2D eigenvalue weighted by Gasteiger charge is -2.10. The molecule has 7 nitrogen and oxygen atoms in total. The average Bonchev–Trinajstić information content (AvgIpc) is 3.12. The van der Waals surface area contributed by atoms with Gasteiger partial charge in [-0.25, -0.2) is 0 Å². The Morgan fingerprint density at radius 1 is 1.55 bits per heavy atom. The van der Waals surface area contributed by atoms with Gasteiger partial charge in [-0.15, -0.1) is 0 Å². The third-order valence-electron chi connectivity index (χ3n) is 2.93. The van der Waals surface area contributed by atoms with Crippen LogP contribution in [0.25, 0.3) is 0 Å². The van der Waals surface area contributed by atoms with Crippen molar-refractivity contribution in [3.63, 3.8) is 0 Å². The maximum atomic E-state index is 11.5. The van der Waals surface area contributed by atoms with E-state index in [1.807, 2.05) is 0 Å². The summed E-state index contributed by atoms with van der Waals surface area (Å²) in [4.78, 5) is 17.2. The number of hydrogen-bond acceptors (Lipinski definition) is 8. The Balaban J connectivity index is 1.71. The van der Waals surface area contributed by atoms with Gasteiger partial charge in [0.25, 0.3) is 10.4 Å². The first-order valence-corrected chi connectivity index (χ1v) is 8.80. The number of aromatic nitrogens is 2. The highest BCUT2D eigenvalue weighted by atomic mass is 32.2. The zero-order chi connectivity index (χ0) is 15.9. The Bertz CT molecular complexity index is 484. The molecule has 0 radical (unpaired) electrons. The molecule has 2 unspecified atom stereocenters. The summed E-state index contributed by atoms with van der Waals surface area (Å²) < 4.78 is 20.9. The van der Waals surface area contributed by atoms with Gasteiger partial charge in [0.05, 0.1) is 6.61 Å².